The monoisotopic (exact) mass is 687 g/mol. The first-order valence-corrected chi connectivity index (χ1v) is 18.3. The Bertz CT molecular complexity index is 2810. The molecule has 0 unspecified atom stereocenters. The molecule has 3 nitrogen and oxygen atoms in total. The maximum Gasteiger partial charge on any atom is 0.145 e. The van der Waals surface area contributed by atoms with Gasteiger partial charge in [0.15, 0.2) is 0 Å². The number of fused-ring (bicyclic) bond motifs is 4. The van der Waals surface area contributed by atoms with Gasteiger partial charge < -0.3 is 0 Å². The van der Waals surface area contributed by atoms with Gasteiger partial charge in [-0.25, -0.2) is 4.98 Å². The van der Waals surface area contributed by atoms with Crippen molar-refractivity contribution in [3.05, 3.63) is 228 Å². The highest BCUT2D eigenvalue weighted by molar-refractivity contribution is 5.95. The van der Waals surface area contributed by atoms with Crippen molar-refractivity contribution >= 4 is 11.0 Å². The smallest absolute Gasteiger partial charge is 0.145 e. The Labute approximate surface area is 314 Å². The quantitative estimate of drug-likeness (QED) is 0.175. The molecule has 1 heterocycles. The lowest BCUT2D eigenvalue weighted by Gasteiger charge is -2.34. The molecule has 0 N–H and O–H groups in total. The summed E-state index contributed by atoms with van der Waals surface area (Å²) in [7, 11) is 0. The molecule has 0 amide bonds. The average molecular weight is 688 g/mol. The predicted octanol–water partition coefficient (Wildman–Crippen LogP) is 12.3. The van der Waals surface area contributed by atoms with E-state index in [4.69, 9.17) is 4.98 Å². The SMILES string of the molecule is N#Cc1ccc(-c2cc3c(cc2-c2ccc(-n4c(-c5ccccc5)nc5ccccc54)cc2)C(c2ccccc2)(c2ccccc2)c2ccccc2-3)cc1. The summed E-state index contributed by atoms with van der Waals surface area (Å²) in [4.78, 5) is 5.08. The summed E-state index contributed by atoms with van der Waals surface area (Å²) in [5.41, 5.74) is 16.1. The van der Waals surface area contributed by atoms with E-state index in [1.165, 1.54) is 33.4 Å². The number of aromatic nitrogens is 2. The van der Waals surface area contributed by atoms with Gasteiger partial charge >= 0.3 is 0 Å². The van der Waals surface area contributed by atoms with Crippen LogP contribution in [-0.4, -0.2) is 9.55 Å². The fourth-order valence-corrected chi connectivity index (χ4v) is 8.55. The first-order valence-electron chi connectivity index (χ1n) is 18.3. The second-order valence-corrected chi connectivity index (χ2v) is 13.8. The minimum absolute atomic E-state index is 0.521. The summed E-state index contributed by atoms with van der Waals surface area (Å²) in [6.45, 7) is 0. The third-order valence-corrected chi connectivity index (χ3v) is 11.0. The fraction of sp³-hybridized carbons (Fsp3) is 0.0196. The van der Waals surface area contributed by atoms with Crippen LogP contribution in [0, 0.1) is 11.3 Å². The number of hydrogen-bond acceptors (Lipinski definition) is 2. The standard InChI is InChI=1S/C51H33N3/c52-34-35-24-26-36(27-25-35)43-32-45-42-20-10-11-21-46(42)51(39-16-6-2-7-17-39,40-18-8-3-9-19-40)47(45)33-44(43)37-28-30-41(31-29-37)54-49-23-13-12-22-48(49)53-50(54)38-14-4-1-5-15-38/h1-33H. The number of nitriles is 1. The molecule has 0 saturated heterocycles. The van der Waals surface area contributed by atoms with Gasteiger partial charge in [0.1, 0.15) is 5.82 Å². The van der Waals surface area contributed by atoms with Gasteiger partial charge in [0.05, 0.1) is 28.1 Å². The molecule has 1 aliphatic rings. The van der Waals surface area contributed by atoms with Gasteiger partial charge in [0.25, 0.3) is 0 Å². The Hall–Kier alpha value is -7.28. The van der Waals surface area contributed by atoms with E-state index in [-0.39, 0.29) is 0 Å². The molecule has 3 heteroatoms. The van der Waals surface area contributed by atoms with Crippen molar-refractivity contribution in [3.63, 3.8) is 0 Å². The lowest BCUT2D eigenvalue weighted by Crippen LogP contribution is -2.28. The first-order chi connectivity index (χ1) is 26.7. The van der Waals surface area contributed by atoms with Gasteiger partial charge in [-0.1, -0.05) is 152 Å². The second kappa shape index (κ2) is 12.7. The van der Waals surface area contributed by atoms with Gasteiger partial charge in [-0.15, -0.1) is 0 Å². The van der Waals surface area contributed by atoms with Crippen LogP contribution in [0.3, 0.4) is 0 Å². The summed E-state index contributed by atoms with van der Waals surface area (Å²) in [5, 5.41) is 9.65. The number of para-hydroxylation sites is 2. The Morgan fingerprint density at radius 1 is 0.444 bits per heavy atom. The topological polar surface area (TPSA) is 41.6 Å². The van der Waals surface area contributed by atoms with Crippen molar-refractivity contribution in [2.75, 3.05) is 0 Å². The van der Waals surface area contributed by atoms with Gasteiger partial charge in [-0.3, -0.25) is 4.57 Å². The molecule has 0 aliphatic heterocycles. The highest BCUT2D eigenvalue weighted by atomic mass is 15.1. The van der Waals surface area contributed by atoms with E-state index < -0.39 is 5.41 Å². The summed E-state index contributed by atoms with van der Waals surface area (Å²) in [6, 6.07) is 73.4. The second-order valence-electron chi connectivity index (χ2n) is 13.8. The van der Waals surface area contributed by atoms with Crippen LogP contribution in [0.5, 0.6) is 0 Å². The van der Waals surface area contributed by atoms with Crippen molar-refractivity contribution in [3.8, 4) is 56.5 Å². The maximum atomic E-state index is 9.65. The van der Waals surface area contributed by atoms with Crippen molar-refractivity contribution < 1.29 is 0 Å². The first kappa shape index (κ1) is 31.5. The molecular weight excluding hydrogens is 655 g/mol. The largest absolute Gasteiger partial charge is 0.292 e. The van der Waals surface area contributed by atoms with Crippen LogP contribution in [0.4, 0.5) is 0 Å². The molecule has 0 saturated carbocycles. The molecule has 0 radical (unpaired) electrons. The number of rotatable bonds is 6. The van der Waals surface area contributed by atoms with Crippen molar-refractivity contribution in [2.24, 2.45) is 0 Å². The lowest BCUT2D eigenvalue weighted by atomic mass is 9.67. The molecular formula is C51H33N3. The van der Waals surface area contributed by atoms with Crippen LogP contribution in [0.2, 0.25) is 0 Å². The fourth-order valence-electron chi connectivity index (χ4n) is 8.55. The molecule has 0 fully saturated rings. The Kier molecular flexibility index (Phi) is 7.42. The minimum atomic E-state index is -0.521. The Balaban J connectivity index is 1.23. The highest BCUT2D eigenvalue weighted by Gasteiger charge is 2.46. The van der Waals surface area contributed by atoms with E-state index in [1.807, 2.05) is 24.3 Å². The molecule has 252 valence electrons. The molecule has 8 aromatic carbocycles. The summed E-state index contributed by atoms with van der Waals surface area (Å²) >= 11 is 0. The lowest BCUT2D eigenvalue weighted by molar-refractivity contribution is 0.769. The summed E-state index contributed by atoms with van der Waals surface area (Å²) < 4.78 is 2.26. The van der Waals surface area contributed by atoms with Gasteiger partial charge in [0.2, 0.25) is 0 Å². The summed E-state index contributed by atoms with van der Waals surface area (Å²) in [5.74, 6) is 0.911. The predicted molar refractivity (Wildman–Crippen MR) is 219 cm³/mol. The number of imidazole rings is 1. The Morgan fingerprint density at radius 3 is 1.67 bits per heavy atom. The number of hydrogen-bond donors (Lipinski definition) is 0. The zero-order valence-electron chi connectivity index (χ0n) is 29.4. The van der Waals surface area contributed by atoms with E-state index >= 15 is 0 Å². The van der Waals surface area contributed by atoms with E-state index in [0.29, 0.717) is 5.56 Å². The number of nitrogens with zero attached hydrogens (tertiary/aromatic N) is 3. The van der Waals surface area contributed by atoms with Crippen LogP contribution in [0.25, 0.3) is 61.5 Å². The minimum Gasteiger partial charge on any atom is -0.292 e. The van der Waals surface area contributed by atoms with Gasteiger partial charge in [-0.05, 0) is 104 Å². The van der Waals surface area contributed by atoms with Crippen LogP contribution >= 0.6 is 0 Å². The van der Waals surface area contributed by atoms with E-state index in [0.717, 1.165) is 50.4 Å². The molecule has 0 atom stereocenters. The zero-order chi connectivity index (χ0) is 36.1. The summed E-state index contributed by atoms with van der Waals surface area (Å²) in [6.07, 6.45) is 0. The molecule has 1 aromatic heterocycles. The number of benzene rings is 8. The third-order valence-electron chi connectivity index (χ3n) is 11.0. The third kappa shape index (κ3) is 4.85. The molecule has 0 spiro atoms. The molecule has 0 bridgehead atoms. The van der Waals surface area contributed by atoms with Gasteiger partial charge in [-0.2, -0.15) is 5.26 Å². The normalized spacial score (nSPS) is 12.6. The zero-order valence-corrected chi connectivity index (χ0v) is 29.4. The van der Waals surface area contributed by atoms with Gasteiger partial charge in [0, 0.05) is 11.3 Å². The van der Waals surface area contributed by atoms with Crippen LogP contribution in [-0.2, 0) is 5.41 Å². The Morgan fingerprint density at radius 2 is 1.00 bits per heavy atom. The van der Waals surface area contributed by atoms with Crippen molar-refractivity contribution in [2.45, 2.75) is 5.41 Å². The van der Waals surface area contributed by atoms with Crippen LogP contribution < -0.4 is 0 Å². The maximum absolute atomic E-state index is 9.65. The molecule has 54 heavy (non-hydrogen) atoms. The van der Waals surface area contributed by atoms with Crippen LogP contribution in [0.15, 0.2) is 200 Å². The van der Waals surface area contributed by atoms with E-state index in [2.05, 4.69) is 187 Å². The highest BCUT2D eigenvalue weighted by Crippen LogP contribution is 2.58. The average Bonchev–Trinajstić information content (AvgIpc) is 3.78. The van der Waals surface area contributed by atoms with Crippen LogP contribution in [0.1, 0.15) is 27.8 Å². The van der Waals surface area contributed by atoms with Crippen molar-refractivity contribution in [1.82, 2.24) is 9.55 Å². The van der Waals surface area contributed by atoms with E-state index in [1.54, 1.807) is 0 Å². The molecule has 1 aliphatic carbocycles. The molecule has 9 aromatic rings. The van der Waals surface area contributed by atoms with Crippen molar-refractivity contribution in [1.29, 1.82) is 5.26 Å². The van der Waals surface area contributed by atoms with E-state index in [9.17, 15) is 5.26 Å². The molecule has 10 rings (SSSR count).